The van der Waals surface area contributed by atoms with Crippen LogP contribution in [0.1, 0.15) is 13.8 Å². The highest BCUT2D eigenvalue weighted by Gasteiger charge is 2.03. The molecule has 106 valence electrons. The fourth-order valence-corrected chi connectivity index (χ4v) is 1.67. The predicted octanol–water partition coefficient (Wildman–Crippen LogP) is 3.42. The largest absolute Gasteiger partial charge is 0.376 e. The third-order valence-electron chi connectivity index (χ3n) is 1.82. The fraction of sp³-hybridized carbons (Fsp3) is 0.385. The third kappa shape index (κ3) is 8.36. The van der Waals surface area contributed by atoms with E-state index >= 15 is 0 Å². The van der Waals surface area contributed by atoms with E-state index in [0.29, 0.717) is 19.8 Å². The van der Waals surface area contributed by atoms with Gasteiger partial charge in [0.15, 0.2) is 0 Å². The molecule has 1 N–H and O–H groups in total. The van der Waals surface area contributed by atoms with Gasteiger partial charge in [0.05, 0.1) is 18.1 Å². The van der Waals surface area contributed by atoms with Crippen LogP contribution in [-0.2, 0) is 4.74 Å². The standard InChI is InChI=1S/C11H14N2O3S.C2H6/c1-2-8-16-9-7-12-17-11-5-3-10(4-6-11)13(14)15;1-2/h2-6,12H,1,7-9H2;1-2H3. The quantitative estimate of drug-likeness (QED) is 0.260. The summed E-state index contributed by atoms with van der Waals surface area (Å²) in [7, 11) is 0. The van der Waals surface area contributed by atoms with Crippen molar-refractivity contribution in [1.82, 2.24) is 4.72 Å². The first-order chi connectivity index (χ1) is 9.24. The molecule has 0 spiro atoms. The number of nitrogens with zero attached hydrogens (tertiary/aromatic N) is 1. The maximum Gasteiger partial charge on any atom is 0.269 e. The molecule has 0 amide bonds. The average molecular weight is 284 g/mol. The molecule has 1 rings (SSSR count). The Bertz CT molecular complexity index is 369. The summed E-state index contributed by atoms with van der Waals surface area (Å²) in [4.78, 5) is 10.9. The Kier molecular flexibility index (Phi) is 10.9. The average Bonchev–Trinajstić information content (AvgIpc) is 2.45. The summed E-state index contributed by atoms with van der Waals surface area (Å²) >= 11 is 1.42. The van der Waals surface area contributed by atoms with E-state index in [1.165, 1.54) is 24.1 Å². The molecule has 5 nitrogen and oxygen atoms in total. The molecule has 0 aliphatic rings. The van der Waals surface area contributed by atoms with Crippen molar-refractivity contribution in [2.75, 3.05) is 19.8 Å². The lowest BCUT2D eigenvalue weighted by Gasteiger charge is -2.03. The van der Waals surface area contributed by atoms with Crippen molar-refractivity contribution in [2.45, 2.75) is 18.7 Å². The molecule has 0 bridgehead atoms. The summed E-state index contributed by atoms with van der Waals surface area (Å²) in [6.45, 7) is 9.40. The fourth-order valence-electron chi connectivity index (χ4n) is 1.05. The Hall–Kier alpha value is -1.37. The third-order valence-corrected chi connectivity index (χ3v) is 2.68. The van der Waals surface area contributed by atoms with Crippen molar-refractivity contribution >= 4 is 17.6 Å². The van der Waals surface area contributed by atoms with Gasteiger partial charge in [-0.3, -0.25) is 14.8 Å². The molecule has 0 aromatic heterocycles. The lowest BCUT2D eigenvalue weighted by molar-refractivity contribution is -0.384. The molecule has 0 aliphatic heterocycles. The number of hydrogen-bond donors (Lipinski definition) is 1. The number of nitro groups is 1. The highest BCUT2D eigenvalue weighted by atomic mass is 32.2. The van der Waals surface area contributed by atoms with Crippen LogP contribution in [-0.4, -0.2) is 24.7 Å². The van der Waals surface area contributed by atoms with Crippen LogP contribution in [0.4, 0.5) is 5.69 Å². The number of ether oxygens (including phenoxy) is 1. The molecule has 0 saturated carbocycles. The van der Waals surface area contributed by atoms with Gasteiger partial charge in [-0.2, -0.15) is 0 Å². The number of nitrogens with one attached hydrogen (secondary N) is 1. The van der Waals surface area contributed by atoms with Gasteiger partial charge >= 0.3 is 0 Å². The van der Waals surface area contributed by atoms with E-state index in [0.717, 1.165) is 4.90 Å². The van der Waals surface area contributed by atoms with Crippen molar-refractivity contribution in [2.24, 2.45) is 0 Å². The summed E-state index contributed by atoms with van der Waals surface area (Å²) < 4.78 is 8.28. The molecular weight excluding hydrogens is 264 g/mol. The summed E-state index contributed by atoms with van der Waals surface area (Å²) in [5.74, 6) is 0. The molecule has 0 radical (unpaired) electrons. The summed E-state index contributed by atoms with van der Waals surface area (Å²) in [5.41, 5.74) is 0.101. The van der Waals surface area contributed by atoms with E-state index in [2.05, 4.69) is 11.3 Å². The molecule has 0 aliphatic carbocycles. The van der Waals surface area contributed by atoms with E-state index in [9.17, 15) is 10.1 Å². The first-order valence-electron chi connectivity index (χ1n) is 6.07. The van der Waals surface area contributed by atoms with Gasteiger partial charge in [-0.1, -0.05) is 19.9 Å². The van der Waals surface area contributed by atoms with E-state index in [1.54, 1.807) is 18.2 Å². The van der Waals surface area contributed by atoms with Gasteiger partial charge in [-0.15, -0.1) is 6.58 Å². The molecule has 0 fully saturated rings. The molecule has 19 heavy (non-hydrogen) atoms. The highest BCUT2D eigenvalue weighted by Crippen LogP contribution is 2.18. The van der Waals surface area contributed by atoms with Gasteiger partial charge in [0.2, 0.25) is 0 Å². The van der Waals surface area contributed by atoms with Crippen LogP contribution in [0, 0.1) is 10.1 Å². The summed E-state index contributed by atoms with van der Waals surface area (Å²) in [6.07, 6.45) is 1.70. The zero-order valence-corrected chi connectivity index (χ0v) is 12.1. The Morgan fingerprint density at radius 2 is 2.05 bits per heavy atom. The highest BCUT2D eigenvalue weighted by molar-refractivity contribution is 7.97. The number of rotatable bonds is 8. The second-order valence-electron chi connectivity index (χ2n) is 3.11. The minimum atomic E-state index is -0.412. The van der Waals surface area contributed by atoms with Crippen molar-refractivity contribution in [3.63, 3.8) is 0 Å². The van der Waals surface area contributed by atoms with Crippen molar-refractivity contribution in [3.05, 3.63) is 47.0 Å². The molecule has 0 saturated heterocycles. The predicted molar refractivity (Wildman–Crippen MR) is 79.3 cm³/mol. The first-order valence-corrected chi connectivity index (χ1v) is 6.88. The van der Waals surface area contributed by atoms with Crippen LogP contribution < -0.4 is 4.72 Å². The van der Waals surface area contributed by atoms with E-state index in [1.807, 2.05) is 13.8 Å². The van der Waals surface area contributed by atoms with Gasteiger partial charge in [-0.25, -0.2) is 0 Å². The number of hydrogen-bond acceptors (Lipinski definition) is 5. The zero-order chi connectivity index (χ0) is 14.5. The van der Waals surface area contributed by atoms with Crippen LogP contribution >= 0.6 is 11.9 Å². The summed E-state index contributed by atoms with van der Waals surface area (Å²) in [6, 6.07) is 6.39. The lowest BCUT2D eigenvalue weighted by atomic mass is 10.3. The molecular formula is C13H20N2O3S. The normalized spacial score (nSPS) is 9.37. The number of nitro benzene ring substituents is 1. The van der Waals surface area contributed by atoms with Gasteiger partial charge in [0.25, 0.3) is 5.69 Å². The second-order valence-corrected chi connectivity index (χ2v) is 4.08. The molecule has 0 heterocycles. The van der Waals surface area contributed by atoms with Gasteiger partial charge < -0.3 is 4.74 Å². The van der Waals surface area contributed by atoms with Crippen LogP contribution in [0.3, 0.4) is 0 Å². The van der Waals surface area contributed by atoms with Gasteiger partial charge in [0.1, 0.15) is 0 Å². The van der Waals surface area contributed by atoms with Crippen molar-refractivity contribution in [1.29, 1.82) is 0 Å². The molecule has 0 unspecified atom stereocenters. The van der Waals surface area contributed by atoms with Crippen LogP contribution in [0.15, 0.2) is 41.8 Å². The maximum absolute atomic E-state index is 10.4. The minimum Gasteiger partial charge on any atom is -0.376 e. The number of benzene rings is 1. The molecule has 0 atom stereocenters. The van der Waals surface area contributed by atoms with Crippen LogP contribution in [0.2, 0.25) is 0 Å². The second kappa shape index (κ2) is 11.7. The Balaban J connectivity index is 0.00000154. The van der Waals surface area contributed by atoms with E-state index < -0.39 is 4.92 Å². The first kappa shape index (κ1) is 17.6. The van der Waals surface area contributed by atoms with Gasteiger partial charge in [0, 0.05) is 23.6 Å². The maximum atomic E-state index is 10.4. The Morgan fingerprint density at radius 1 is 1.42 bits per heavy atom. The SMILES string of the molecule is C=CCOCCNSc1ccc([N+](=O)[O-])cc1.CC. The van der Waals surface area contributed by atoms with Crippen molar-refractivity contribution in [3.8, 4) is 0 Å². The summed E-state index contributed by atoms with van der Waals surface area (Å²) in [5, 5.41) is 10.4. The van der Waals surface area contributed by atoms with Crippen LogP contribution in [0.25, 0.3) is 0 Å². The topological polar surface area (TPSA) is 64.4 Å². The molecule has 1 aromatic rings. The zero-order valence-electron chi connectivity index (χ0n) is 11.3. The molecule has 6 heteroatoms. The lowest BCUT2D eigenvalue weighted by Crippen LogP contribution is -2.12. The van der Waals surface area contributed by atoms with Gasteiger partial charge in [-0.05, 0) is 24.1 Å². The van der Waals surface area contributed by atoms with Crippen LogP contribution in [0.5, 0.6) is 0 Å². The Labute approximate surface area is 118 Å². The van der Waals surface area contributed by atoms with E-state index in [4.69, 9.17) is 4.74 Å². The van der Waals surface area contributed by atoms with Crippen molar-refractivity contribution < 1.29 is 9.66 Å². The minimum absolute atomic E-state index is 0.101. The number of non-ortho nitro benzene ring substituents is 1. The smallest absolute Gasteiger partial charge is 0.269 e. The van der Waals surface area contributed by atoms with E-state index in [-0.39, 0.29) is 5.69 Å². The monoisotopic (exact) mass is 284 g/mol. The Morgan fingerprint density at radius 3 is 2.58 bits per heavy atom. The molecule has 1 aromatic carbocycles.